The molecule has 1 rings (SSSR count). The normalized spacial score (nSPS) is 29.8. The van der Waals surface area contributed by atoms with Gasteiger partial charge in [-0.3, -0.25) is 9.59 Å². The lowest BCUT2D eigenvalue weighted by Gasteiger charge is -2.31. The second-order valence-electron chi connectivity index (χ2n) is 4.69. The maximum Gasteiger partial charge on any atom is 0.237 e. The minimum atomic E-state index is -0.429. The third-order valence-electron chi connectivity index (χ3n) is 2.82. The molecule has 0 aromatic carbocycles. The van der Waals surface area contributed by atoms with Crippen LogP contribution in [-0.4, -0.2) is 41.3 Å². The Morgan fingerprint density at radius 3 is 2.71 bits per heavy atom. The predicted octanol–water partition coefficient (Wildman–Crippen LogP) is 1.21. The van der Waals surface area contributed by atoms with Crippen molar-refractivity contribution in [3.05, 3.63) is 0 Å². The van der Waals surface area contributed by atoms with E-state index in [0.29, 0.717) is 0 Å². The van der Waals surface area contributed by atoms with Crippen LogP contribution in [0.5, 0.6) is 0 Å². The first-order valence-electron chi connectivity index (χ1n) is 5.67. The molecule has 0 aromatic heterocycles. The third-order valence-corrected chi connectivity index (χ3v) is 6.14. The summed E-state index contributed by atoms with van der Waals surface area (Å²) in [7, 11) is 5.17. The lowest BCUT2D eigenvalue weighted by Crippen LogP contribution is -2.55. The first-order chi connectivity index (χ1) is 7.88. The quantitative estimate of drug-likeness (QED) is 0.743. The van der Waals surface area contributed by atoms with E-state index in [2.05, 4.69) is 10.6 Å². The number of hydrogen-bond acceptors (Lipinski definition) is 5. The Morgan fingerprint density at radius 2 is 2.18 bits per heavy atom. The molecule has 0 aliphatic carbocycles. The van der Waals surface area contributed by atoms with E-state index in [-0.39, 0.29) is 22.5 Å². The second-order valence-corrected chi connectivity index (χ2v) is 7.76. The van der Waals surface area contributed by atoms with Crippen LogP contribution in [0.4, 0.5) is 0 Å². The number of ketones is 1. The van der Waals surface area contributed by atoms with Crippen LogP contribution in [0.3, 0.4) is 0 Å². The summed E-state index contributed by atoms with van der Waals surface area (Å²) in [5, 5.41) is 5.85. The van der Waals surface area contributed by atoms with Crippen LogP contribution in [0.25, 0.3) is 0 Å². The van der Waals surface area contributed by atoms with Crippen LogP contribution in [-0.2, 0) is 9.59 Å². The number of nitrogens with one attached hydrogen (secondary N) is 2. The van der Waals surface area contributed by atoms with Gasteiger partial charge in [0.05, 0.1) is 6.04 Å². The van der Waals surface area contributed by atoms with Gasteiger partial charge in [-0.25, -0.2) is 0 Å². The van der Waals surface area contributed by atoms with Gasteiger partial charge in [0.1, 0.15) is 6.04 Å². The number of carbonyl (C=O) groups excluding carboxylic acids is 2. The summed E-state index contributed by atoms with van der Waals surface area (Å²) < 4.78 is -0.283. The monoisotopic (exact) mass is 276 g/mol. The maximum absolute atomic E-state index is 12.0. The van der Waals surface area contributed by atoms with E-state index in [0.717, 1.165) is 12.2 Å². The molecule has 1 amide bonds. The molecule has 0 spiro atoms. The lowest BCUT2D eigenvalue weighted by atomic mass is 9.99. The molecule has 0 bridgehead atoms. The van der Waals surface area contributed by atoms with E-state index in [1.807, 2.05) is 13.8 Å². The Bertz CT molecular complexity index is 308. The summed E-state index contributed by atoms with van der Waals surface area (Å²) in [5.41, 5.74) is 0. The van der Waals surface area contributed by atoms with Crippen LogP contribution < -0.4 is 10.6 Å². The summed E-state index contributed by atoms with van der Waals surface area (Å²) in [6, 6.07) is -0.639. The molecule has 0 radical (unpaired) electrons. The Labute approximate surface area is 110 Å². The molecule has 2 atom stereocenters. The van der Waals surface area contributed by atoms with E-state index >= 15 is 0 Å². The molecule has 1 saturated heterocycles. The van der Waals surface area contributed by atoms with E-state index in [1.165, 1.54) is 6.92 Å². The van der Waals surface area contributed by atoms with Gasteiger partial charge < -0.3 is 10.6 Å². The summed E-state index contributed by atoms with van der Waals surface area (Å²) in [6.07, 6.45) is 0.778. The zero-order valence-corrected chi connectivity index (χ0v) is 12.3. The molecular weight excluding hydrogens is 256 g/mol. The highest BCUT2D eigenvalue weighted by Gasteiger charge is 2.37. The minimum Gasteiger partial charge on any atom is -0.344 e. The predicted molar refractivity (Wildman–Crippen MR) is 74.2 cm³/mol. The largest absolute Gasteiger partial charge is 0.344 e. The number of Topliss-reactive ketones (excluding diaryl/α,β-unsaturated/α-hetero) is 1. The van der Waals surface area contributed by atoms with E-state index in [4.69, 9.17) is 0 Å². The van der Waals surface area contributed by atoms with Crippen LogP contribution in [0, 0.1) is 0 Å². The van der Waals surface area contributed by atoms with Crippen LogP contribution in [0.15, 0.2) is 0 Å². The molecule has 2 N–H and O–H groups in total. The Balaban J connectivity index is 2.90. The summed E-state index contributed by atoms with van der Waals surface area (Å²) >= 11 is 0. The Hall–Kier alpha value is -0.200. The third kappa shape index (κ3) is 3.89. The van der Waals surface area contributed by atoms with Gasteiger partial charge in [-0.1, -0.05) is 21.6 Å². The Kier molecular flexibility index (Phi) is 5.34. The highest BCUT2D eigenvalue weighted by atomic mass is 33.1. The van der Waals surface area contributed by atoms with Crippen LogP contribution >= 0.6 is 21.6 Å². The first-order valence-corrected chi connectivity index (χ1v) is 7.99. The van der Waals surface area contributed by atoms with E-state index < -0.39 is 6.04 Å². The number of rotatable bonds is 2. The van der Waals surface area contributed by atoms with Gasteiger partial charge in [-0.2, -0.15) is 0 Å². The highest BCUT2D eigenvalue weighted by molar-refractivity contribution is 8.77. The topological polar surface area (TPSA) is 58.2 Å². The Morgan fingerprint density at radius 1 is 1.53 bits per heavy atom. The first kappa shape index (κ1) is 14.9. The molecule has 1 fully saturated rings. The maximum atomic E-state index is 12.0. The van der Waals surface area contributed by atoms with Gasteiger partial charge in [-0.05, 0) is 34.2 Å². The molecule has 98 valence electrons. The average Bonchev–Trinajstić information content (AvgIpc) is 2.29. The number of amides is 1. The second kappa shape index (κ2) is 6.11. The molecule has 1 heterocycles. The number of hydrogen-bond donors (Lipinski definition) is 2. The van der Waals surface area contributed by atoms with Gasteiger partial charge in [0.25, 0.3) is 0 Å². The van der Waals surface area contributed by atoms with Gasteiger partial charge in [0, 0.05) is 10.5 Å². The van der Waals surface area contributed by atoms with Gasteiger partial charge in [-0.15, -0.1) is 0 Å². The van der Waals surface area contributed by atoms with Crippen molar-refractivity contribution in [2.45, 2.75) is 44.0 Å². The number of likely N-dealkylation sites (N-methyl/N-ethyl adjacent to an activating group) is 1. The fraction of sp³-hybridized carbons (Fsp3) is 0.818. The van der Waals surface area contributed by atoms with Crippen molar-refractivity contribution >= 4 is 33.3 Å². The molecule has 0 unspecified atom stereocenters. The van der Waals surface area contributed by atoms with Crippen LogP contribution in [0.1, 0.15) is 27.2 Å². The zero-order chi connectivity index (χ0) is 13.1. The highest BCUT2D eigenvalue weighted by Crippen LogP contribution is 2.39. The average molecular weight is 276 g/mol. The molecule has 0 aromatic rings. The van der Waals surface area contributed by atoms with Crippen LogP contribution in [0.2, 0.25) is 0 Å². The van der Waals surface area contributed by atoms with Gasteiger partial charge in [0.2, 0.25) is 5.91 Å². The molecule has 4 nitrogen and oxygen atoms in total. The van der Waals surface area contributed by atoms with Gasteiger partial charge in [0.15, 0.2) is 5.78 Å². The fourth-order valence-electron chi connectivity index (χ4n) is 1.82. The van der Waals surface area contributed by atoms with Crippen molar-refractivity contribution < 1.29 is 9.59 Å². The minimum absolute atomic E-state index is 0.00760. The van der Waals surface area contributed by atoms with Crippen molar-refractivity contribution in [2.75, 3.05) is 12.8 Å². The van der Waals surface area contributed by atoms with Crippen molar-refractivity contribution in [1.29, 1.82) is 0 Å². The van der Waals surface area contributed by atoms with Gasteiger partial charge >= 0.3 is 0 Å². The molecule has 0 saturated carbocycles. The molecule has 1 aliphatic rings. The van der Waals surface area contributed by atoms with Crippen molar-refractivity contribution in [2.24, 2.45) is 0 Å². The summed E-state index contributed by atoms with van der Waals surface area (Å²) in [4.78, 5) is 23.7. The summed E-state index contributed by atoms with van der Waals surface area (Å²) in [5.74, 6) is 0.828. The van der Waals surface area contributed by atoms with E-state index in [9.17, 15) is 9.59 Å². The number of carbonyl (C=O) groups is 2. The summed E-state index contributed by atoms with van der Waals surface area (Å²) in [6.45, 7) is 5.53. The van der Waals surface area contributed by atoms with Crippen molar-refractivity contribution in [3.63, 3.8) is 0 Å². The van der Waals surface area contributed by atoms with Crippen molar-refractivity contribution in [3.8, 4) is 0 Å². The molecular formula is C11H20N2O2S2. The lowest BCUT2D eigenvalue weighted by molar-refractivity contribution is -0.128. The zero-order valence-electron chi connectivity index (χ0n) is 10.7. The standard InChI is InChI=1S/C11H20N2O2S2/c1-7(14)9-11(2,3)17-16-6-5-8(12-4)10(15)13-9/h8-9,12H,5-6H2,1-4H3,(H,13,15)/t8-,9+/m0/s1. The SMILES string of the molecule is CN[C@H]1CCSSC(C)(C)[C@@H](C(C)=O)NC1=O. The molecule has 17 heavy (non-hydrogen) atoms. The molecule has 6 heteroatoms. The van der Waals surface area contributed by atoms with Crippen molar-refractivity contribution in [1.82, 2.24) is 10.6 Å². The fourth-order valence-corrected chi connectivity index (χ4v) is 4.60. The smallest absolute Gasteiger partial charge is 0.237 e. The molecule has 1 aliphatic heterocycles. The van der Waals surface area contributed by atoms with E-state index in [1.54, 1.807) is 28.6 Å².